The molecule has 0 aliphatic carbocycles. The first kappa shape index (κ1) is 19.5. The maximum absolute atomic E-state index is 13.0. The molecular formula is C16H16ClF3N2O2S. The average Bonchev–Trinajstić information content (AvgIpc) is 2.86. The Morgan fingerprint density at radius 3 is 2.52 bits per heavy atom. The summed E-state index contributed by atoms with van der Waals surface area (Å²) in [6.45, 7) is 3.04. The first-order chi connectivity index (χ1) is 11.5. The molecular weight excluding hydrogens is 377 g/mol. The molecule has 0 unspecified atom stereocenters. The Bertz CT molecular complexity index is 927. The first-order valence-corrected chi connectivity index (χ1v) is 9.30. The molecule has 1 aromatic carbocycles. The Morgan fingerprint density at radius 1 is 1.36 bits per heavy atom. The van der Waals surface area contributed by atoms with Crippen molar-refractivity contribution in [2.45, 2.75) is 24.9 Å². The van der Waals surface area contributed by atoms with E-state index in [0.717, 1.165) is 12.1 Å². The summed E-state index contributed by atoms with van der Waals surface area (Å²) in [5.74, 6) is -0.0795. The Balaban J connectivity index is 2.75. The van der Waals surface area contributed by atoms with Gasteiger partial charge < -0.3 is 4.57 Å². The number of halogens is 4. The summed E-state index contributed by atoms with van der Waals surface area (Å²) in [4.78, 5) is 3.76. The molecule has 0 bridgehead atoms. The van der Waals surface area contributed by atoms with Crippen LogP contribution in [0.15, 0.2) is 34.3 Å². The lowest BCUT2D eigenvalue weighted by molar-refractivity contribution is -0.137. The van der Waals surface area contributed by atoms with Gasteiger partial charge in [0, 0.05) is 17.6 Å². The predicted molar refractivity (Wildman–Crippen MR) is 90.9 cm³/mol. The zero-order valence-electron chi connectivity index (χ0n) is 13.7. The van der Waals surface area contributed by atoms with Crippen LogP contribution in [0.4, 0.5) is 13.2 Å². The fourth-order valence-electron chi connectivity index (χ4n) is 2.31. The molecule has 2 rings (SSSR count). The second kappa shape index (κ2) is 6.84. The van der Waals surface area contributed by atoms with Gasteiger partial charge in [-0.3, -0.25) is 0 Å². The van der Waals surface area contributed by atoms with Crippen LogP contribution in [0.5, 0.6) is 0 Å². The molecule has 9 heteroatoms. The van der Waals surface area contributed by atoms with Crippen molar-refractivity contribution in [3.05, 3.63) is 40.7 Å². The summed E-state index contributed by atoms with van der Waals surface area (Å²) in [6.07, 6.45) is -1.54. The highest BCUT2D eigenvalue weighted by atomic mass is 35.5. The van der Waals surface area contributed by atoms with Gasteiger partial charge in [-0.05, 0) is 31.2 Å². The van der Waals surface area contributed by atoms with Gasteiger partial charge in [0.05, 0.1) is 28.1 Å². The second-order valence-electron chi connectivity index (χ2n) is 5.41. The zero-order valence-corrected chi connectivity index (χ0v) is 15.3. The van der Waals surface area contributed by atoms with E-state index in [4.69, 9.17) is 11.6 Å². The number of sulfone groups is 1. The van der Waals surface area contributed by atoms with Gasteiger partial charge in [-0.25, -0.2) is 13.4 Å². The predicted octanol–water partition coefficient (Wildman–Crippen LogP) is 4.50. The highest BCUT2D eigenvalue weighted by Gasteiger charge is 2.33. The molecule has 0 radical (unpaired) electrons. The third-order valence-electron chi connectivity index (χ3n) is 3.64. The number of benzene rings is 1. The molecule has 0 fully saturated rings. The van der Waals surface area contributed by atoms with Crippen molar-refractivity contribution in [3.8, 4) is 11.4 Å². The fourth-order valence-corrected chi connectivity index (χ4v) is 3.53. The molecule has 0 saturated heterocycles. The van der Waals surface area contributed by atoms with Crippen molar-refractivity contribution >= 4 is 27.5 Å². The lowest BCUT2D eigenvalue weighted by Crippen LogP contribution is -2.11. The van der Waals surface area contributed by atoms with E-state index in [9.17, 15) is 21.6 Å². The lowest BCUT2D eigenvalue weighted by atomic mass is 10.1. The van der Waals surface area contributed by atoms with Crippen molar-refractivity contribution in [1.29, 1.82) is 0 Å². The maximum Gasteiger partial charge on any atom is 0.416 e. The SMILES string of the molecule is CCS(=O)(=O)c1cc(C(F)(F)F)ccc1-c1ncc(C=C(C)Cl)n1C. The topological polar surface area (TPSA) is 52.0 Å². The number of hydrogen-bond donors (Lipinski definition) is 0. The molecule has 1 aromatic heterocycles. The van der Waals surface area contributed by atoms with Crippen LogP contribution in [0.2, 0.25) is 0 Å². The van der Waals surface area contributed by atoms with Crippen molar-refractivity contribution in [3.63, 3.8) is 0 Å². The summed E-state index contributed by atoms with van der Waals surface area (Å²) in [5, 5.41) is 0.489. The molecule has 0 aliphatic rings. The van der Waals surface area contributed by atoms with Gasteiger partial charge in [0.25, 0.3) is 0 Å². The van der Waals surface area contributed by atoms with E-state index in [-0.39, 0.29) is 17.1 Å². The Kier molecular flexibility index (Phi) is 5.34. The molecule has 0 saturated carbocycles. The van der Waals surface area contributed by atoms with Crippen molar-refractivity contribution in [2.24, 2.45) is 7.05 Å². The number of alkyl halides is 3. The first-order valence-electron chi connectivity index (χ1n) is 7.27. The van der Waals surface area contributed by atoms with Gasteiger partial charge in [0.1, 0.15) is 5.82 Å². The summed E-state index contributed by atoms with van der Waals surface area (Å²) in [7, 11) is -2.25. The Hall–Kier alpha value is -1.80. The summed E-state index contributed by atoms with van der Waals surface area (Å²) in [6, 6.07) is 2.64. The van der Waals surface area contributed by atoms with E-state index in [0.29, 0.717) is 16.8 Å². The van der Waals surface area contributed by atoms with Crippen LogP contribution in [0.1, 0.15) is 25.1 Å². The number of aromatic nitrogens is 2. The third kappa shape index (κ3) is 4.07. The maximum atomic E-state index is 13.0. The lowest BCUT2D eigenvalue weighted by Gasteiger charge is -2.14. The molecule has 25 heavy (non-hydrogen) atoms. The van der Waals surface area contributed by atoms with E-state index in [1.54, 1.807) is 24.6 Å². The van der Waals surface area contributed by atoms with Gasteiger partial charge >= 0.3 is 6.18 Å². The van der Waals surface area contributed by atoms with Crippen LogP contribution >= 0.6 is 11.6 Å². The Labute approximate surface area is 148 Å². The minimum absolute atomic E-state index is 0.115. The fraction of sp³-hybridized carbons (Fsp3) is 0.312. The van der Waals surface area contributed by atoms with Crippen LogP contribution < -0.4 is 0 Å². The third-order valence-corrected chi connectivity index (χ3v) is 5.51. The van der Waals surface area contributed by atoms with E-state index < -0.39 is 26.5 Å². The number of imidazole rings is 1. The summed E-state index contributed by atoms with van der Waals surface area (Å²) >= 11 is 5.84. The molecule has 0 aliphatic heterocycles. The van der Waals surface area contributed by atoms with Gasteiger partial charge in [0.15, 0.2) is 9.84 Å². The van der Waals surface area contributed by atoms with Crippen LogP contribution in [-0.4, -0.2) is 23.7 Å². The minimum Gasteiger partial charge on any atom is -0.328 e. The Morgan fingerprint density at radius 2 is 2.00 bits per heavy atom. The van der Waals surface area contributed by atoms with E-state index in [1.165, 1.54) is 13.1 Å². The number of nitrogens with zero attached hydrogens (tertiary/aromatic N) is 2. The van der Waals surface area contributed by atoms with E-state index >= 15 is 0 Å². The van der Waals surface area contributed by atoms with E-state index in [1.807, 2.05) is 0 Å². The molecule has 136 valence electrons. The quantitative estimate of drug-likeness (QED) is 0.769. The van der Waals surface area contributed by atoms with Crippen molar-refractivity contribution in [2.75, 3.05) is 5.75 Å². The normalized spacial score (nSPS) is 13.3. The van der Waals surface area contributed by atoms with Crippen LogP contribution in [0.25, 0.3) is 17.5 Å². The highest BCUT2D eigenvalue weighted by Crippen LogP contribution is 2.35. The average molecular weight is 393 g/mol. The molecule has 4 nitrogen and oxygen atoms in total. The molecule has 1 heterocycles. The molecule has 0 N–H and O–H groups in total. The van der Waals surface area contributed by atoms with E-state index in [2.05, 4.69) is 4.98 Å². The molecule has 0 spiro atoms. The highest BCUT2D eigenvalue weighted by molar-refractivity contribution is 7.91. The van der Waals surface area contributed by atoms with Crippen LogP contribution in [-0.2, 0) is 23.1 Å². The largest absolute Gasteiger partial charge is 0.416 e. The summed E-state index contributed by atoms with van der Waals surface area (Å²) in [5.41, 5.74) is -0.305. The smallest absolute Gasteiger partial charge is 0.328 e. The van der Waals surface area contributed by atoms with Gasteiger partial charge in [-0.1, -0.05) is 18.5 Å². The molecule has 0 atom stereocenters. The van der Waals surface area contributed by atoms with Crippen LogP contribution in [0.3, 0.4) is 0 Å². The zero-order chi connectivity index (χ0) is 19.0. The van der Waals surface area contributed by atoms with Crippen LogP contribution in [0, 0.1) is 0 Å². The monoisotopic (exact) mass is 392 g/mol. The second-order valence-corrected chi connectivity index (χ2v) is 8.25. The minimum atomic E-state index is -4.64. The standard InChI is InChI=1S/C16H16ClF3N2O2S/c1-4-25(23,24)14-8-11(16(18,19)20)5-6-13(14)15-21-9-12(22(15)3)7-10(2)17/h5-9H,4H2,1-3H3. The van der Waals surface area contributed by atoms with Gasteiger partial charge in [-0.15, -0.1) is 0 Å². The number of allylic oxidation sites excluding steroid dienone is 1. The van der Waals surface area contributed by atoms with Gasteiger partial charge in [-0.2, -0.15) is 13.2 Å². The number of rotatable bonds is 4. The van der Waals surface area contributed by atoms with Gasteiger partial charge in [0.2, 0.25) is 0 Å². The molecule has 2 aromatic rings. The number of hydrogen-bond acceptors (Lipinski definition) is 3. The summed E-state index contributed by atoms with van der Waals surface area (Å²) < 4.78 is 65.2. The molecule has 0 amide bonds. The van der Waals surface area contributed by atoms with Crippen molar-refractivity contribution in [1.82, 2.24) is 9.55 Å². The van der Waals surface area contributed by atoms with Crippen molar-refractivity contribution < 1.29 is 21.6 Å².